The predicted molar refractivity (Wildman–Crippen MR) is 168 cm³/mol. The van der Waals surface area contributed by atoms with Crippen LogP contribution in [0.5, 0.6) is 0 Å². The molecule has 0 saturated carbocycles. The van der Waals surface area contributed by atoms with Gasteiger partial charge in [0.25, 0.3) is 0 Å². The standard InChI is InChI=1S/C34H48N4O7/c1-7-44-29(39)20-22-15-16-24-17-18-28(31(41)35-26-14-10-12-23-11-8-9-13-25(23)26)38(24)32(42)27(19-22)36-30(40)21(2)37(6)33(43)45-34(3,4)5/h8-9,11,13,20-21,24,26-28H,7,10,12,14-19H2,1-6H3,(H,35,41)(H,36,40)/b22-20-/t21-,24-,26+,27-,28-/m0/s1. The molecule has 2 N–H and O–H groups in total. The number of carbonyl (C=O) groups excluding carboxylic acids is 5. The molecular formula is C34H48N4O7. The number of carbonyl (C=O) groups is 5. The molecule has 2 aliphatic heterocycles. The zero-order valence-electron chi connectivity index (χ0n) is 27.4. The van der Waals surface area contributed by atoms with Crippen molar-refractivity contribution in [1.82, 2.24) is 20.4 Å². The molecule has 1 aromatic rings. The molecule has 0 aromatic heterocycles. The minimum atomic E-state index is -1.04. The first-order valence-electron chi connectivity index (χ1n) is 16.1. The Kier molecular flexibility index (Phi) is 10.9. The van der Waals surface area contributed by atoms with Crippen LogP contribution in [0.1, 0.15) is 96.7 Å². The molecule has 4 rings (SSSR count). The lowest BCUT2D eigenvalue weighted by molar-refractivity contribution is -0.144. The van der Waals surface area contributed by atoms with Crippen molar-refractivity contribution in [2.24, 2.45) is 0 Å². The third-order valence-electron chi connectivity index (χ3n) is 8.88. The van der Waals surface area contributed by atoms with Gasteiger partial charge in [-0.15, -0.1) is 0 Å². The van der Waals surface area contributed by atoms with Crippen molar-refractivity contribution in [2.45, 2.75) is 122 Å². The van der Waals surface area contributed by atoms with E-state index < -0.39 is 41.7 Å². The fourth-order valence-corrected chi connectivity index (χ4v) is 6.47. The van der Waals surface area contributed by atoms with Crippen molar-refractivity contribution in [3.8, 4) is 0 Å². The van der Waals surface area contributed by atoms with Gasteiger partial charge in [0.2, 0.25) is 17.7 Å². The maximum atomic E-state index is 14.3. The van der Waals surface area contributed by atoms with Gasteiger partial charge >= 0.3 is 12.1 Å². The van der Waals surface area contributed by atoms with Gasteiger partial charge in [-0.05, 0) is 97.1 Å². The molecule has 1 aromatic carbocycles. The Labute approximate surface area is 266 Å². The molecule has 45 heavy (non-hydrogen) atoms. The van der Waals surface area contributed by atoms with Crippen LogP contribution in [-0.2, 0) is 35.1 Å². The predicted octanol–water partition coefficient (Wildman–Crippen LogP) is 3.95. The molecule has 2 heterocycles. The smallest absolute Gasteiger partial charge is 0.410 e. The number of hydrogen-bond acceptors (Lipinski definition) is 7. The van der Waals surface area contributed by atoms with Crippen LogP contribution in [0.25, 0.3) is 0 Å². The summed E-state index contributed by atoms with van der Waals surface area (Å²) in [6.07, 6.45) is 5.83. The fraction of sp³-hybridized carbons (Fsp3) is 0.618. The van der Waals surface area contributed by atoms with Crippen LogP contribution in [0.2, 0.25) is 0 Å². The number of likely N-dealkylation sites (N-methyl/N-ethyl adjacent to an activating group) is 1. The largest absolute Gasteiger partial charge is 0.463 e. The molecule has 0 bridgehead atoms. The lowest BCUT2D eigenvalue weighted by Gasteiger charge is -2.37. The van der Waals surface area contributed by atoms with Crippen molar-refractivity contribution in [2.75, 3.05) is 13.7 Å². The number of amides is 4. The molecule has 11 heteroatoms. The zero-order valence-corrected chi connectivity index (χ0v) is 27.4. The Morgan fingerprint density at radius 2 is 1.78 bits per heavy atom. The Balaban J connectivity index is 1.55. The summed E-state index contributed by atoms with van der Waals surface area (Å²) in [5, 5.41) is 6.06. The summed E-state index contributed by atoms with van der Waals surface area (Å²) in [7, 11) is 1.46. The first-order chi connectivity index (χ1) is 21.3. The van der Waals surface area contributed by atoms with Gasteiger partial charge in [-0.2, -0.15) is 0 Å². The lowest BCUT2D eigenvalue weighted by Crippen LogP contribution is -2.58. The zero-order chi connectivity index (χ0) is 32.9. The van der Waals surface area contributed by atoms with E-state index in [4.69, 9.17) is 9.47 Å². The first kappa shape index (κ1) is 34.0. The monoisotopic (exact) mass is 624 g/mol. The average Bonchev–Trinajstić information content (AvgIpc) is 3.40. The fourth-order valence-electron chi connectivity index (χ4n) is 6.47. The van der Waals surface area contributed by atoms with E-state index in [2.05, 4.69) is 22.8 Å². The molecule has 0 spiro atoms. The SMILES string of the molecule is CCOC(=O)/C=C1/CC[C@H]2CC[C@@H](C(=O)N[C@@H]3CCCc4ccccc43)N2C(=O)[C@@H](NC(=O)[C@H](C)N(C)C(=O)OC(C)(C)C)C1. The van der Waals surface area contributed by atoms with Gasteiger partial charge in [-0.1, -0.05) is 29.8 Å². The third-order valence-corrected chi connectivity index (χ3v) is 8.88. The van der Waals surface area contributed by atoms with E-state index in [-0.39, 0.29) is 36.9 Å². The van der Waals surface area contributed by atoms with Crippen molar-refractivity contribution in [3.63, 3.8) is 0 Å². The molecular weight excluding hydrogens is 576 g/mol. The van der Waals surface area contributed by atoms with Gasteiger partial charge in [-0.3, -0.25) is 19.3 Å². The van der Waals surface area contributed by atoms with Gasteiger partial charge in [-0.25, -0.2) is 9.59 Å². The summed E-state index contributed by atoms with van der Waals surface area (Å²) in [6, 6.07) is 5.13. The van der Waals surface area contributed by atoms with Crippen molar-refractivity contribution in [1.29, 1.82) is 0 Å². The van der Waals surface area contributed by atoms with Crippen molar-refractivity contribution >= 4 is 29.8 Å². The average molecular weight is 625 g/mol. The Morgan fingerprint density at radius 1 is 1.04 bits per heavy atom. The van der Waals surface area contributed by atoms with Crippen molar-refractivity contribution < 1.29 is 33.4 Å². The highest BCUT2D eigenvalue weighted by atomic mass is 16.6. The number of esters is 1. The van der Waals surface area contributed by atoms with Gasteiger partial charge in [0, 0.05) is 19.2 Å². The highest BCUT2D eigenvalue weighted by Gasteiger charge is 2.45. The van der Waals surface area contributed by atoms with Crippen LogP contribution in [0, 0.1) is 0 Å². The molecule has 246 valence electrons. The second-order valence-corrected chi connectivity index (χ2v) is 13.3. The van der Waals surface area contributed by atoms with E-state index >= 15 is 0 Å². The number of nitrogens with zero attached hydrogens (tertiary/aromatic N) is 2. The van der Waals surface area contributed by atoms with Crippen LogP contribution < -0.4 is 10.6 Å². The Hall–Kier alpha value is -3.89. The number of rotatable bonds is 7. The molecule has 11 nitrogen and oxygen atoms in total. The van der Waals surface area contributed by atoms with E-state index in [0.717, 1.165) is 24.8 Å². The quantitative estimate of drug-likeness (QED) is 0.347. The molecule has 3 aliphatic rings. The molecule has 5 atom stereocenters. The third kappa shape index (κ3) is 8.43. The highest BCUT2D eigenvalue weighted by molar-refractivity contribution is 5.95. The van der Waals surface area contributed by atoms with E-state index in [1.54, 1.807) is 39.5 Å². The maximum Gasteiger partial charge on any atom is 0.410 e. The summed E-state index contributed by atoms with van der Waals surface area (Å²) >= 11 is 0. The maximum absolute atomic E-state index is 14.3. The summed E-state index contributed by atoms with van der Waals surface area (Å²) in [5.74, 6) is -1.62. The van der Waals surface area contributed by atoms with E-state index in [1.807, 2.05) is 12.1 Å². The Bertz CT molecular complexity index is 1320. The number of ether oxygens (including phenoxy) is 2. The molecule has 4 amide bonds. The van der Waals surface area contributed by atoms with Gasteiger partial charge in [0.05, 0.1) is 12.6 Å². The summed E-state index contributed by atoms with van der Waals surface area (Å²) < 4.78 is 10.5. The molecule has 2 saturated heterocycles. The molecule has 2 fully saturated rings. The second kappa shape index (κ2) is 14.5. The van der Waals surface area contributed by atoms with E-state index in [0.29, 0.717) is 31.3 Å². The number of benzene rings is 1. The van der Waals surface area contributed by atoms with Gasteiger partial charge in [0.15, 0.2) is 0 Å². The van der Waals surface area contributed by atoms with Crippen LogP contribution >= 0.6 is 0 Å². The van der Waals surface area contributed by atoms with Crippen LogP contribution in [0.15, 0.2) is 35.9 Å². The van der Waals surface area contributed by atoms with E-state index in [9.17, 15) is 24.0 Å². The summed E-state index contributed by atoms with van der Waals surface area (Å²) in [5.41, 5.74) is 2.29. The van der Waals surface area contributed by atoms with Crippen molar-refractivity contribution in [3.05, 3.63) is 47.0 Å². The minimum absolute atomic E-state index is 0.0832. The number of fused-ring (bicyclic) bond motifs is 2. The minimum Gasteiger partial charge on any atom is -0.463 e. The topological polar surface area (TPSA) is 134 Å². The first-order valence-corrected chi connectivity index (χ1v) is 16.1. The van der Waals surface area contributed by atoms with Gasteiger partial charge in [0.1, 0.15) is 23.7 Å². The van der Waals surface area contributed by atoms with E-state index in [1.165, 1.54) is 23.6 Å². The summed E-state index contributed by atoms with van der Waals surface area (Å²) in [6.45, 7) is 8.70. The molecule has 0 radical (unpaired) electrons. The molecule has 0 unspecified atom stereocenters. The van der Waals surface area contributed by atoms with Crippen LogP contribution in [0.4, 0.5) is 4.79 Å². The number of hydrogen-bond donors (Lipinski definition) is 2. The second-order valence-electron chi connectivity index (χ2n) is 13.3. The summed E-state index contributed by atoms with van der Waals surface area (Å²) in [4.78, 5) is 69.4. The normalized spacial score (nSPS) is 24.8. The Morgan fingerprint density at radius 3 is 2.49 bits per heavy atom. The number of nitrogens with one attached hydrogen (secondary N) is 2. The highest BCUT2D eigenvalue weighted by Crippen LogP contribution is 2.35. The van der Waals surface area contributed by atoms with Gasteiger partial charge < -0.3 is 25.0 Å². The molecule has 1 aliphatic carbocycles. The lowest BCUT2D eigenvalue weighted by atomic mass is 9.87. The van der Waals surface area contributed by atoms with Crippen LogP contribution in [-0.4, -0.2) is 83.0 Å². The number of aryl methyl sites for hydroxylation is 1. The van der Waals surface area contributed by atoms with Crippen LogP contribution in [0.3, 0.4) is 0 Å².